The maximum Gasteiger partial charge on any atom is 0.257 e. The molecule has 2 atom stereocenters. The summed E-state index contributed by atoms with van der Waals surface area (Å²) in [7, 11) is 1.63. The van der Waals surface area contributed by atoms with Crippen LogP contribution in [0.1, 0.15) is 54.9 Å². The van der Waals surface area contributed by atoms with Gasteiger partial charge in [0.15, 0.2) is 0 Å². The Kier molecular flexibility index (Phi) is 6.71. The molecule has 5 rings (SSSR count). The molecule has 2 fully saturated rings. The molecule has 0 radical (unpaired) electrons. The highest BCUT2D eigenvalue weighted by Crippen LogP contribution is 2.44. The van der Waals surface area contributed by atoms with Crippen LogP contribution in [0, 0.1) is 0 Å². The summed E-state index contributed by atoms with van der Waals surface area (Å²) < 4.78 is 11.3. The van der Waals surface area contributed by atoms with Gasteiger partial charge in [0.1, 0.15) is 11.4 Å². The monoisotopic (exact) mass is 491 g/mol. The number of carbonyl (C=O) groups excluding carboxylic acids is 3. The van der Waals surface area contributed by atoms with E-state index in [2.05, 4.69) is 0 Å². The standard InChI is InChI=1S/C28H33N3O5/c1-28-15-13-26(33)31(28)23-11-5-4-10-22(23)27(34)30(28)16-14-25(32)29(19-21-9-7-17-36-21)18-20-8-3-6-12-24(20)35-2/h3-6,8,10-12,21H,7,9,13-19H2,1-2H3. The first-order valence-corrected chi connectivity index (χ1v) is 12.7. The smallest absolute Gasteiger partial charge is 0.257 e. The van der Waals surface area contributed by atoms with Crippen molar-refractivity contribution in [3.8, 4) is 5.75 Å². The van der Waals surface area contributed by atoms with Crippen LogP contribution >= 0.6 is 0 Å². The van der Waals surface area contributed by atoms with Gasteiger partial charge >= 0.3 is 0 Å². The fourth-order valence-corrected chi connectivity index (χ4v) is 5.73. The first-order chi connectivity index (χ1) is 17.4. The van der Waals surface area contributed by atoms with Gasteiger partial charge in [-0.2, -0.15) is 0 Å². The van der Waals surface area contributed by atoms with Crippen LogP contribution in [0.4, 0.5) is 5.69 Å². The van der Waals surface area contributed by atoms with E-state index in [1.54, 1.807) is 29.0 Å². The average molecular weight is 492 g/mol. The maximum absolute atomic E-state index is 13.6. The van der Waals surface area contributed by atoms with Crippen LogP contribution in [0.15, 0.2) is 48.5 Å². The number of anilines is 1. The van der Waals surface area contributed by atoms with Gasteiger partial charge in [0.05, 0.1) is 24.5 Å². The molecular formula is C28H33N3O5. The molecule has 0 bridgehead atoms. The molecule has 3 heterocycles. The molecular weight excluding hydrogens is 458 g/mol. The Morgan fingerprint density at radius 3 is 2.72 bits per heavy atom. The van der Waals surface area contributed by atoms with Crippen molar-refractivity contribution in [2.24, 2.45) is 0 Å². The minimum absolute atomic E-state index is 0.00459. The molecule has 2 unspecified atom stereocenters. The highest BCUT2D eigenvalue weighted by Gasteiger charge is 2.52. The Bertz CT molecular complexity index is 1160. The van der Waals surface area contributed by atoms with Crippen molar-refractivity contribution in [1.29, 1.82) is 0 Å². The normalized spacial score (nSPS) is 23.0. The second-order valence-corrected chi connectivity index (χ2v) is 9.89. The lowest BCUT2D eigenvalue weighted by Gasteiger charge is -2.48. The Morgan fingerprint density at radius 1 is 1.17 bits per heavy atom. The van der Waals surface area contributed by atoms with E-state index in [-0.39, 0.29) is 36.8 Å². The molecule has 2 aromatic carbocycles. The van der Waals surface area contributed by atoms with Gasteiger partial charge in [-0.05, 0) is 44.4 Å². The van der Waals surface area contributed by atoms with E-state index in [0.717, 1.165) is 24.2 Å². The number of carbonyl (C=O) groups is 3. The molecule has 3 aliphatic heterocycles. The zero-order valence-corrected chi connectivity index (χ0v) is 20.9. The molecule has 190 valence electrons. The van der Waals surface area contributed by atoms with Crippen LogP contribution in [0.5, 0.6) is 5.75 Å². The number of benzene rings is 2. The number of para-hydroxylation sites is 2. The van der Waals surface area contributed by atoms with Crippen molar-refractivity contribution in [2.45, 2.75) is 57.3 Å². The van der Waals surface area contributed by atoms with Crippen molar-refractivity contribution < 1.29 is 23.9 Å². The summed E-state index contributed by atoms with van der Waals surface area (Å²) in [4.78, 5) is 45.2. The molecule has 8 nitrogen and oxygen atoms in total. The number of hydrogen-bond donors (Lipinski definition) is 0. The van der Waals surface area contributed by atoms with E-state index in [0.29, 0.717) is 43.8 Å². The fourth-order valence-electron chi connectivity index (χ4n) is 5.73. The van der Waals surface area contributed by atoms with Crippen molar-refractivity contribution in [3.05, 3.63) is 59.7 Å². The lowest BCUT2D eigenvalue weighted by Crippen LogP contribution is -2.62. The summed E-state index contributed by atoms with van der Waals surface area (Å²) in [6, 6.07) is 14.9. The van der Waals surface area contributed by atoms with Crippen molar-refractivity contribution in [1.82, 2.24) is 9.80 Å². The first kappa shape index (κ1) is 24.3. The van der Waals surface area contributed by atoms with Crippen LogP contribution in [0.25, 0.3) is 0 Å². The van der Waals surface area contributed by atoms with E-state index < -0.39 is 5.66 Å². The number of nitrogens with zero attached hydrogens (tertiary/aromatic N) is 3. The van der Waals surface area contributed by atoms with E-state index >= 15 is 0 Å². The quantitative estimate of drug-likeness (QED) is 0.564. The minimum Gasteiger partial charge on any atom is -0.496 e. The second kappa shape index (κ2) is 9.93. The van der Waals surface area contributed by atoms with E-state index in [1.165, 1.54) is 0 Å². The van der Waals surface area contributed by atoms with Gasteiger partial charge in [-0.25, -0.2) is 0 Å². The number of methoxy groups -OCH3 is 1. The van der Waals surface area contributed by atoms with Gasteiger partial charge in [0, 0.05) is 44.6 Å². The number of fused-ring (bicyclic) bond motifs is 3. The summed E-state index contributed by atoms with van der Waals surface area (Å²) in [5.74, 6) is 0.549. The molecule has 3 amide bonds. The summed E-state index contributed by atoms with van der Waals surface area (Å²) in [6.45, 7) is 3.78. The molecule has 0 saturated carbocycles. The number of amides is 3. The summed E-state index contributed by atoms with van der Waals surface area (Å²) >= 11 is 0. The molecule has 2 aromatic rings. The van der Waals surface area contributed by atoms with Crippen molar-refractivity contribution in [2.75, 3.05) is 31.7 Å². The molecule has 0 spiro atoms. The third-order valence-corrected chi connectivity index (χ3v) is 7.65. The maximum atomic E-state index is 13.6. The predicted molar refractivity (Wildman–Crippen MR) is 135 cm³/mol. The van der Waals surface area contributed by atoms with E-state index in [9.17, 15) is 14.4 Å². The summed E-state index contributed by atoms with van der Waals surface area (Å²) in [5, 5.41) is 0. The lowest BCUT2D eigenvalue weighted by molar-refractivity contribution is -0.133. The zero-order valence-electron chi connectivity index (χ0n) is 20.9. The molecule has 8 heteroatoms. The Balaban J connectivity index is 1.36. The van der Waals surface area contributed by atoms with Crippen LogP contribution in [0.3, 0.4) is 0 Å². The SMILES string of the molecule is COc1ccccc1CN(CC1CCCO1)C(=O)CCN1C(=O)c2ccccc2N2C(=O)CCC12C. The van der Waals surface area contributed by atoms with Gasteiger partial charge in [-0.1, -0.05) is 30.3 Å². The van der Waals surface area contributed by atoms with Crippen molar-refractivity contribution in [3.63, 3.8) is 0 Å². The Morgan fingerprint density at radius 2 is 1.94 bits per heavy atom. The topological polar surface area (TPSA) is 79.4 Å². The largest absolute Gasteiger partial charge is 0.496 e. The third kappa shape index (κ3) is 4.34. The van der Waals surface area contributed by atoms with Gasteiger partial charge in [0.2, 0.25) is 11.8 Å². The zero-order chi connectivity index (χ0) is 25.3. The summed E-state index contributed by atoms with van der Waals surface area (Å²) in [6.07, 6.45) is 3.00. The predicted octanol–water partition coefficient (Wildman–Crippen LogP) is 3.59. The fraction of sp³-hybridized carbons (Fsp3) is 0.464. The molecule has 3 aliphatic rings. The molecule has 0 aliphatic carbocycles. The van der Waals surface area contributed by atoms with E-state index in [4.69, 9.17) is 9.47 Å². The van der Waals surface area contributed by atoms with Gasteiger partial charge in [0.25, 0.3) is 5.91 Å². The Hall–Kier alpha value is -3.39. The lowest BCUT2D eigenvalue weighted by atomic mass is 9.98. The van der Waals surface area contributed by atoms with Crippen molar-refractivity contribution >= 4 is 23.4 Å². The van der Waals surface area contributed by atoms with Gasteiger partial charge in [-0.3, -0.25) is 19.3 Å². The number of rotatable bonds is 8. The molecule has 0 aromatic heterocycles. The van der Waals surface area contributed by atoms with Crippen LogP contribution in [0.2, 0.25) is 0 Å². The summed E-state index contributed by atoms with van der Waals surface area (Å²) in [5.41, 5.74) is 1.31. The van der Waals surface area contributed by atoms with E-state index in [1.807, 2.05) is 48.2 Å². The molecule has 2 saturated heterocycles. The minimum atomic E-state index is -0.773. The number of hydrogen-bond acceptors (Lipinski definition) is 5. The van der Waals surface area contributed by atoms with Gasteiger partial charge in [-0.15, -0.1) is 0 Å². The van der Waals surface area contributed by atoms with Crippen LogP contribution < -0.4 is 9.64 Å². The van der Waals surface area contributed by atoms with Crippen LogP contribution in [-0.2, 0) is 20.9 Å². The second-order valence-electron chi connectivity index (χ2n) is 9.89. The average Bonchev–Trinajstić information content (AvgIpc) is 3.51. The first-order valence-electron chi connectivity index (χ1n) is 12.7. The van der Waals surface area contributed by atoms with Crippen LogP contribution in [-0.4, -0.2) is 66.1 Å². The highest BCUT2D eigenvalue weighted by molar-refractivity contribution is 6.10. The highest BCUT2D eigenvalue weighted by atomic mass is 16.5. The molecule has 0 N–H and O–H groups in total. The molecule has 36 heavy (non-hydrogen) atoms. The third-order valence-electron chi connectivity index (χ3n) is 7.65. The van der Waals surface area contributed by atoms with Gasteiger partial charge < -0.3 is 19.3 Å². The number of ether oxygens (including phenoxy) is 2. The Labute approximate surface area is 211 Å².